The van der Waals surface area contributed by atoms with Crippen LogP contribution in [-0.2, 0) is 19.1 Å². The number of aliphatic hydroxyl groups is 2. The Balaban J connectivity index is 1.91. The molecule has 182 valence electrons. The summed E-state index contributed by atoms with van der Waals surface area (Å²) >= 11 is 6.54. The third-order valence-electron chi connectivity index (χ3n) is 6.10. The van der Waals surface area contributed by atoms with Crippen molar-refractivity contribution in [3.05, 3.63) is 64.3 Å². The highest BCUT2D eigenvalue weighted by molar-refractivity contribution is 6.38. The number of aromatic nitrogens is 5. The average molecular weight is 514 g/mol. The maximum absolute atomic E-state index is 14.4. The van der Waals surface area contributed by atoms with E-state index in [4.69, 9.17) is 45.6 Å². The van der Waals surface area contributed by atoms with Gasteiger partial charge in [-0.2, -0.15) is 10.2 Å². The van der Waals surface area contributed by atoms with Crippen molar-refractivity contribution in [2.75, 3.05) is 5.73 Å². The molecule has 3 aromatic heterocycles. The average Bonchev–Trinajstić information content (AvgIpc) is 3.33. The minimum atomic E-state index is -2.29. The van der Waals surface area contributed by atoms with Crippen molar-refractivity contribution < 1.29 is 19.3 Å². The van der Waals surface area contributed by atoms with Gasteiger partial charge in [0.15, 0.2) is 16.7 Å². The van der Waals surface area contributed by atoms with Crippen LogP contribution in [0.25, 0.3) is 22.5 Å². The number of aryl methyl sites for hydroxylation is 1. The zero-order chi connectivity index (χ0) is 26.9. The van der Waals surface area contributed by atoms with Crippen molar-refractivity contribution in [3.8, 4) is 28.3 Å². The molecule has 6 radical (unpaired) electrons. The summed E-state index contributed by atoms with van der Waals surface area (Å²) in [4.78, 5) is 4.21. The van der Waals surface area contributed by atoms with Crippen LogP contribution in [0.2, 0.25) is 5.15 Å². The van der Waals surface area contributed by atoms with Gasteiger partial charge in [0.05, 0.1) is 23.4 Å². The van der Waals surface area contributed by atoms with E-state index >= 15 is 0 Å². The van der Waals surface area contributed by atoms with E-state index in [9.17, 15) is 14.6 Å². The zero-order valence-electron chi connectivity index (χ0n) is 19.9. The molecule has 1 aliphatic heterocycles. The molecule has 0 spiro atoms. The Hall–Kier alpha value is -3.28. The van der Waals surface area contributed by atoms with E-state index in [0.29, 0.717) is 16.7 Å². The van der Waals surface area contributed by atoms with Gasteiger partial charge in [-0.05, 0) is 31.2 Å². The number of rotatable bonds is 2. The Morgan fingerprint density at radius 1 is 1.30 bits per heavy atom. The van der Waals surface area contributed by atoms with Crippen LogP contribution in [0.5, 0.6) is 5.75 Å². The van der Waals surface area contributed by atoms with Crippen LogP contribution in [-0.4, -0.2) is 63.7 Å². The van der Waals surface area contributed by atoms with Crippen molar-refractivity contribution in [2.45, 2.75) is 30.5 Å². The molecule has 1 aliphatic rings. The molecule has 5 rings (SSSR count). The molecule has 1 aromatic carbocycles. The Bertz CT molecular complexity index is 1530. The lowest BCUT2D eigenvalue weighted by molar-refractivity contribution is 0.172. The van der Waals surface area contributed by atoms with Gasteiger partial charge in [0.2, 0.25) is 0 Å². The Labute approximate surface area is 220 Å². The number of nitrogens with zero attached hydrogens (tertiary/aromatic N) is 5. The Morgan fingerprint density at radius 2 is 2.03 bits per heavy atom. The van der Waals surface area contributed by atoms with Crippen LogP contribution >= 0.6 is 11.6 Å². The van der Waals surface area contributed by atoms with E-state index in [1.54, 1.807) is 20.0 Å². The number of benzene rings is 1. The van der Waals surface area contributed by atoms with E-state index in [0.717, 1.165) is 0 Å². The SMILES string of the molecule is [B]C([B])(O)Cn1nc(Cl)c2c1-c1cnc(N)c(c1)O[C@H](C)c1cc(F)ccc1-c1nn(C)cc1C2([B])O. The van der Waals surface area contributed by atoms with Crippen LogP contribution in [0.15, 0.2) is 36.7 Å². The van der Waals surface area contributed by atoms with Gasteiger partial charge in [-0.3, -0.25) is 9.36 Å². The largest absolute Gasteiger partial charge is 0.482 e. The molecule has 0 aliphatic carbocycles. The van der Waals surface area contributed by atoms with Gasteiger partial charge in [-0.25, -0.2) is 9.37 Å². The zero-order valence-corrected chi connectivity index (χ0v) is 20.6. The first-order valence-corrected chi connectivity index (χ1v) is 11.5. The van der Waals surface area contributed by atoms with E-state index < -0.39 is 29.4 Å². The lowest BCUT2D eigenvalue weighted by Crippen LogP contribution is -2.36. The second-order valence-corrected chi connectivity index (χ2v) is 9.45. The summed E-state index contributed by atoms with van der Waals surface area (Å²) in [6.45, 7) is 1.29. The molecule has 37 heavy (non-hydrogen) atoms. The molecule has 2 atom stereocenters. The number of halogens is 2. The first-order chi connectivity index (χ1) is 17.3. The Morgan fingerprint density at radius 3 is 2.73 bits per heavy atom. The smallest absolute Gasteiger partial charge is 0.166 e. The van der Waals surface area contributed by atoms with Gasteiger partial charge in [0, 0.05) is 52.7 Å². The van der Waals surface area contributed by atoms with E-state index in [1.165, 1.54) is 40.0 Å². The maximum atomic E-state index is 14.4. The first-order valence-electron chi connectivity index (χ1n) is 11.1. The molecular formula is C23H19B3ClFN6O3. The highest BCUT2D eigenvalue weighted by atomic mass is 35.5. The molecule has 1 unspecified atom stereocenters. The van der Waals surface area contributed by atoms with Crippen molar-refractivity contribution in [1.82, 2.24) is 24.5 Å². The lowest BCUT2D eigenvalue weighted by Gasteiger charge is -2.28. The molecule has 4 N–H and O–H groups in total. The van der Waals surface area contributed by atoms with E-state index in [2.05, 4.69) is 15.2 Å². The fourth-order valence-electron chi connectivity index (χ4n) is 4.54. The summed E-state index contributed by atoms with van der Waals surface area (Å²) in [5, 5.41) is 28.4. The van der Waals surface area contributed by atoms with Gasteiger partial charge < -0.3 is 20.7 Å². The predicted octanol–water partition coefficient (Wildman–Crippen LogP) is 1.52. The van der Waals surface area contributed by atoms with Crippen molar-refractivity contribution >= 4 is 41.0 Å². The molecule has 0 saturated heterocycles. The summed E-state index contributed by atoms with van der Waals surface area (Å²) in [5.41, 5.74) is 5.55. The third kappa shape index (κ3) is 4.41. The quantitative estimate of drug-likeness (QED) is 0.347. The standard InChI is InChI=1S/C23H19B3ClFN6O3/c1-10-14-6-12(28)3-4-13(14)18-15(8-33(2)31-18)23(26,36)17-19(11-5-16(37-10)21(29)30-7-11)34(32-20(17)27)9-22(24,25)35/h3-8,10,35-36H,9H2,1-2H3,(H2,29,30)/t10-,23?/m1/s1. The minimum Gasteiger partial charge on any atom is -0.482 e. The third-order valence-corrected chi connectivity index (χ3v) is 6.36. The molecule has 9 nitrogen and oxygen atoms in total. The number of fused-ring (bicyclic) bond motifs is 7. The Kier molecular flexibility index (Phi) is 5.93. The number of ether oxygens (including phenoxy) is 1. The summed E-state index contributed by atoms with van der Waals surface area (Å²) in [6.07, 6.45) is 2.19. The van der Waals surface area contributed by atoms with Crippen LogP contribution in [0.1, 0.15) is 29.7 Å². The summed E-state index contributed by atoms with van der Waals surface area (Å²) < 4.78 is 23.2. The number of nitrogen functional groups attached to an aromatic ring is 1. The molecule has 14 heteroatoms. The highest BCUT2D eigenvalue weighted by Crippen LogP contribution is 2.45. The van der Waals surface area contributed by atoms with Crippen LogP contribution in [0.3, 0.4) is 0 Å². The van der Waals surface area contributed by atoms with Crippen molar-refractivity contribution in [2.24, 2.45) is 7.05 Å². The molecule has 4 heterocycles. The number of nitrogens with two attached hydrogens (primary N) is 1. The molecule has 2 bridgehead atoms. The van der Waals surface area contributed by atoms with E-state index in [-0.39, 0.29) is 39.2 Å². The van der Waals surface area contributed by atoms with Gasteiger partial charge >= 0.3 is 0 Å². The summed E-state index contributed by atoms with van der Waals surface area (Å²) in [6, 6.07) is 5.64. The van der Waals surface area contributed by atoms with Crippen LogP contribution in [0, 0.1) is 5.82 Å². The van der Waals surface area contributed by atoms with Crippen LogP contribution < -0.4 is 10.5 Å². The topological polar surface area (TPSA) is 124 Å². The lowest BCUT2D eigenvalue weighted by atomic mass is 9.65. The first kappa shape index (κ1) is 25.4. The summed E-state index contributed by atoms with van der Waals surface area (Å²) in [5.74, 6) is -0.280. The molecule has 4 aromatic rings. The van der Waals surface area contributed by atoms with Crippen LogP contribution in [0.4, 0.5) is 10.2 Å². The van der Waals surface area contributed by atoms with Gasteiger partial charge in [0.25, 0.3) is 0 Å². The van der Waals surface area contributed by atoms with Crippen molar-refractivity contribution in [3.63, 3.8) is 0 Å². The fraction of sp³-hybridized carbons (Fsp3) is 0.261. The number of hydrogen-bond acceptors (Lipinski definition) is 7. The summed E-state index contributed by atoms with van der Waals surface area (Å²) in [7, 11) is 19.6. The second-order valence-electron chi connectivity index (χ2n) is 9.09. The number of hydrogen-bond donors (Lipinski definition) is 3. The highest BCUT2D eigenvalue weighted by Gasteiger charge is 2.39. The number of anilines is 1. The van der Waals surface area contributed by atoms with Gasteiger partial charge in [-0.1, -0.05) is 11.6 Å². The molecule has 0 saturated carbocycles. The predicted molar refractivity (Wildman–Crippen MR) is 138 cm³/mol. The normalized spacial score (nSPS) is 19.1. The van der Waals surface area contributed by atoms with Gasteiger partial charge in [0.1, 0.15) is 35.5 Å². The molecular weight excluding hydrogens is 495 g/mol. The fourth-order valence-corrected chi connectivity index (χ4v) is 4.86. The molecule has 0 fully saturated rings. The second kappa shape index (κ2) is 8.64. The maximum Gasteiger partial charge on any atom is 0.166 e. The monoisotopic (exact) mass is 514 g/mol. The van der Waals surface area contributed by atoms with E-state index in [1.807, 2.05) is 0 Å². The van der Waals surface area contributed by atoms with Gasteiger partial charge in [-0.15, -0.1) is 0 Å². The minimum absolute atomic E-state index is 0.0394. The molecule has 0 amide bonds. The number of pyridine rings is 1. The van der Waals surface area contributed by atoms with Crippen molar-refractivity contribution in [1.29, 1.82) is 0 Å².